The molecule has 4 heteroatoms. The van der Waals surface area contributed by atoms with E-state index in [9.17, 15) is 0 Å². The number of fused-ring (bicyclic) bond motifs is 1. The number of furan rings is 1. The van der Waals surface area contributed by atoms with E-state index >= 15 is 0 Å². The van der Waals surface area contributed by atoms with Crippen molar-refractivity contribution in [3.63, 3.8) is 0 Å². The molecule has 3 aromatic rings. The Morgan fingerprint density at radius 3 is 2.62 bits per heavy atom. The summed E-state index contributed by atoms with van der Waals surface area (Å²) in [6, 6.07) is 13.7. The fourth-order valence-corrected chi connectivity index (χ4v) is 2.91. The largest absolute Gasteiger partial charge is 0.459 e. The van der Waals surface area contributed by atoms with Crippen LogP contribution >= 0.6 is 11.6 Å². The van der Waals surface area contributed by atoms with Gasteiger partial charge in [0.2, 0.25) is 0 Å². The lowest BCUT2D eigenvalue weighted by Gasteiger charge is -2.15. The van der Waals surface area contributed by atoms with Crippen molar-refractivity contribution in [1.82, 2.24) is 5.43 Å². The van der Waals surface area contributed by atoms with Gasteiger partial charge >= 0.3 is 0 Å². The highest BCUT2D eigenvalue weighted by Crippen LogP contribution is 2.32. The summed E-state index contributed by atoms with van der Waals surface area (Å²) in [5.41, 5.74) is 6.80. The molecule has 0 amide bonds. The molecule has 1 atom stereocenters. The van der Waals surface area contributed by atoms with Crippen molar-refractivity contribution in [3.8, 4) is 0 Å². The minimum absolute atomic E-state index is 0.273. The van der Waals surface area contributed by atoms with Crippen LogP contribution in [0.2, 0.25) is 5.02 Å². The van der Waals surface area contributed by atoms with Crippen LogP contribution in [0.4, 0.5) is 0 Å². The Hall–Kier alpha value is -1.81. The maximum absolute atomic E-state index is 6.35. The molecule has 1 aromatic heterocycles. The highest BCUT2D eigenvalue weighted by molar-refractivity contribution is 6.31. The summed E-state index contributed by atoms with van der Waals surface area (Å²) >= 11 is 6.35. The molecule has 0 fully saturated rings. The monoisotopic (exact) mass is 300 g/mol. The molecule has 2 aromatic carbocycles. The van der Waals surface area contributed by atoms with Crippen molar-refractivity contribution in [3.05, 3.63) is 69.9 Å². The molecule has 0 saturated heterocycles. The predicted octanol–water partition coefficient (Wildman–Crippen LogP) is 4.26. The normalized spacial score (nSPS) is 12.8. The van der Waals surface area contributed by atoms with E-state index in [1.807, 2.05) is 56.3 Å². The Morgan fingerprint density at radius 2 is 1.95 bits per heavy atom. The summed E-state index contributed by atoms with van der Waals surface area (Å²) in [6.07, 6.45) is 0. The van der Waals surface area contributed by atoms with Gasteiger partial charge in [0.25, 0.3) is 0 Å². The molecule has 0 saturated carbocycles. The highest BCUT2D eigenvalue weighted by Gasteiger charge is 2.20. The fourth-order valence-electron chi connectivity index (χ4n) is 2.56. The standard InChI is InChI=1S/C17H17ClN2O/c1-10-6-7-13(14(18)8-10)16(20-19)15-9-12-5-3-4-11(2)17(12)21-15/h3-9,16,20H,19H2,1-2H3. The molecule has 3 nitrogen and oxygen atoms in total. The quantitative estimate of drug-likeness (QED) is 0.561. The van der Waals surface area contributed by atoms with Crippen LogP contribution in [-0.4, -0.2) is 0 Å². The van der Waals surface area contributed by atoms with E-state index in [1.165, 1.54) is 0 Å². The fraction of sp³-hybridized carbons (Fsp3) is 0.176. The van der Waals surface area contributed by atoms with Gasteiger partial charge in [-0.15, -0.1) is 0 Å². The van der Waals surface area contributed by atoms with Gasteiger partial charge < -0.3 is 4.42 Å². The molecule has 1 heterocycles. The predicted molar refractivity (Wildman–Crippen MR) is 86.3 cm³/mol. The first-order valence-electron chi connectivity index (χ1n) is 6.81. The molecule has 0 spiro atoms. The summed E-state index contributed by atoms with van der Waals surface area (Å²) in [4.78, 5) is 0. The van der Waals surface area contributed by atoms with Crippen LogP contribution in [0, 0.1) is 13.8 Å². The SMILES string of the molecule is Cc1ccc(C(NN)c2cc3cccc(C)c3o2)c(Cl)c1. The first-order valence-corrected chi connectivity index (χ1v) is 7.19. The molecular formula is C17H17ClN2O. The van der Waals surface area contributed by atoms with Gasteiger partial charge in [-0.2, -0.15) is 0 Å². The maximum Gasteiger partial charge on any atom is 0.137 e. The number of halogens is 1. The second kappa shape index (κ2) is 5.53. The Labute approximate surface area is 128 Å². The zero-order chi connectivity index (χ0) is 15.0. The molecule has 3 rings (SSSR count). The first-order chi connectivity index (χ1) is 10.1. The number of benzene rings is 2. The van der Waals surface area contributed by atoms with Crippen LogP contribution in [-0.2, 0) is 0 Å². The highest BCUT2D eigenvalue weighted by atomic mass is 35.5. The van der Waals surface area contributed by atoms with E-state index in [0.29, 0.717) is 5.02 Å². The Balaban J connectivity index is 2.11. The second-order valence-corrected chi connectivity index (χ2v) is 5.67. The molecule has 0 aliphatic heterocycles. The van der Waals surface area contributed by atoms with Crippen molar-refractivity contribution in [1.29, 1.82) is 0 Å². The summed E-state index contributed by atoms with van der Waals surface area (Å²) in [5.74, 6) is 6.49. The summed E-state index contributed by atoms with van der Waals surface area (Å²) in [5, 5.41) is 1.74. The molecule has 21 heavy (non-hydrogen) atoms. The number of nitrogens with two attached hydrogens (primary N) is 1. The van der Waals surface area contributed by atoms with Crippen LogP contribution in [0.3, 0.4) is 0 Å². The number of nitrogens with one attached hydrogen (secondary N) is 1. The number of hydrogen-bond donors (Lipinski definition) is 2. The minimum atomic E-state index is -0.273. The van der Waals surface area contributed by atoms with E-state index in [4.69, 9.17) is 21.9 Å². The number of hydrogen-bond acceptors (Lipinski definition) is 3. The Kier molecular flexibility index (Phi) is 3.72. The van der Waals surface area contributed by atoms with Crippen LogP contribution in [0.1, 0.15) is 28.5 Å². The molecule has 0 aliphatic rings. The molecular weight excluding hydrogens is 284 g/mol. The van der Waals surface area contributed by atoms with Crippen LogP contribution in [0.5, 0.6) is 0 Å². The van der Waals surface area contributed by atoms with E-state index < -0.39 is 0 Å². The molecule has 0 bridgehead atoms. The number of rotatable bonds is 3. The third-order valence-electron chi connectivity index (χ3n) is 3.68. The van der Waals surface area contributed by atoms with Crippen molar-refractivity contribution < 1.29 is 4.42 Å². The van der Waals surface area contributed by atoms with Gasteiger partial charge in [-0.3, -0.25) is 5.84 Å². The lowest BCUT2D eigenvalue weighted by atomic mass is 10.0. The van der Waals surface area contributed by atoms with Crippen LogP contribution < -0.4 is 11.3 Å². The second-order valence-electron chi connectivity index (χ2n) is 5.27. The minimum Gasteiger partial charge on any atom is -0.459 e. The van der Waals surface area contributed by atoms with Gasteiger partial charge in [0.1, 0.15) is 17.4 Å². The first kappa shape index (κ1) is 14.1. The average Bonchev–Trinajstić information content (AvgIpc) is 2.87. The summed E-state index contributed by atoms with van der Waals surface area (Å²) in [7, 11) is 0. The summed E-state index contributed by atoms with van der Waals surface area (Å²) < 4.78 is 5.99. The third-order valence-corrected chi connectivity index (χ3v) is 4.01. The van der Waals surface area contributed by atoms with Gasteiger partial charge in [-0.25, -0.2) is 5.43 Å². The number of para-hydroxylation sites is 1. The molecule has 3 N–H and O–H groups in total. The maximum atomic E-state index is 6.35. The van der Waals surface area contributed by atoms with Gasteiger partial charge in [-0.05, 0) is 42.7 Å². The Bertz CT molecular complexity index is 795. The average molecular weight is 301 g/mol. The van der Waals surface area contributed by atoms with Crippen molar-refractivity contribution in [2.45, 2.75) is 19.9 Å². The molecule has 0 radical (unpaired) electrons. The number of aryl methyl sites for hydroxylation is 2. The topological polar surface area (TPSA) is 51.2 Å². The van der Waals surface area contributed by atoms with E-state index in [2.05, 4.69) is 5.43 Å². The van der Waals surface area contributed by atoms with E-state index in [-0.39, 0.29) is 6.04 Å². The molecule has 1 unspecified atom stereocenters. The lowest BCUT2D eigenvalue weighted by molar-refractivity contribution is 0.476. The van der Waals surface area contributed by atoms with Crippen molar-refractivity contribution >= 4 is 22.6 Å². The van der Waals surface area contributed by atoms with Gasteiger partial charge in [0.15, 0.2) is 0 Å². The smallest absolute Gasteiger partial charge is 0.137 e. The van der Waals surface area contributed by atoms with Gasteiger partial charge in [0, 0.05) is 10.4 Å². The van der Waals surface area contributed by atoms with E-state index in [1.54, 1.807) is 0 Å². The summed E-state index contributed by atoms with van der Waals surface area (Å²) in [6.45, 7) is 4.03. The van der Waals surface area contributed by atoms with Crippen molar-refractivity contribution in [2.75, 3.05) is 0 Å². The lowest BCUT2D eigenvalue weighted by Crippen LogP contribution is -2.28. The Morgan fingerprint density at radius 1 is 1.14 bits per heavy atom. The van der Waals surface area contributed by atoms with Gasteiger partial charge in [0.05, 0.1) is 0 Å². The van der Waals surface area contributed by atoms with Crippen LogP contribution in [0.25, 0.3) is 11.0 Å². The zero-order valence-corrected chi connectivity index (χ0v) is 12.7. The molecule has 108 valence electrons. The third kappa shape index (κ3) is 2.56. The van der Waals surface area contributed by atoms with Crippen molar-refractivity contribution in [2.24, 2.45) is 5.84 Å². The van der Waals surface area contributed by atoms with Gasteiger partial charge in [-0.1, -0.05) is 41.9 Å². The van der Waals surface area contributed by atoms with E-state index in [0.717, 1.165) is 33.4 Å². The number of hydrazine groups is 1. The zero-order valence-electron chi connectivity index (χ0n) is 12.0. The van der Waals surface area contributed by atoms with Crippen LogP contribution in [0.15, 0.2) is 46.9 Å². The molecule has 0 aliphatic carbocycles.